The summed E-state index contributed by atoms with van der Waals surface area (Å²) in [6.07, 6.45) is 2.23. The van der Waals surface area contributed by atoms with Crippen LogP contribution in [0, 0.1) is 0 Å². The lowest BCUT2D eigenvalue weighted by Gasteiger charge is -2.17. The van der Waals surface area contributed by atoms with Gasteiger partial charge in [0, 0.05) is 15.8 Å². The number of carbonyl (C=O) groups excluding carboxylic acids is 2. The molecule has 3 amide bonds. The lowest BCUT2D eigenvalue weighted by atomic mass is 10.2. The Morgan fingerprint density at radius 1 is 1.17 bits per heavy atom. The molecule has 0 fully saturated rings. The molecule has 30 heavy (non-hydrogen) atoms. The largest absolute Gasteiger partial charge is 0.352 e. The zero-order valence-corrected chi connectivity index (χ0v) is 19.8. The minimum Gasteiger partial charge on any atom is -0.352 e. The van der Waals surface area contributed by atoms with Gasteiger partial charge in [-0.15, -0.1) is 0 Å². The van der Waals surface area contributed by atoms with Gasteiger partial charge < -0.3 is 16.4 Å². The molecule has 0 heterocycles. The maximum atomic E-state index is 12.8. The van der Waals surface area contributed by atoms with Crippen LogP contribution in [-0.2, 0) is 14.8 Å². The number of hydrogen-bond acceptors (Lipinski definition) is 5. The average Bonchev–Trinajstić information content (AvgIpc) is 2.67. The highest BCUT2D eigenvalue weighted by molar-refractivity contribution is 9.10. The Bertz CT molecular complexity index is 1020. The second-order valence-corrected chi connectivity index (χ2v) is 10.0. The highest BCUT2D eigenvalue weighted by atomic mass is 79.9. The Balaban J connectivity index is 2.23. The molecule has 2 aromatic rings. The van der Waals surface area contributed by atoms with Gasteiger partial charge in [-0.2, -0.15) is 11.8 Å². The first-order valence-corrected chi connectivity index (χ1v) is 12.6. The third-order valence-corrected chi connectivity index (χ3v) is 6.86. The first-order valence-electron chi connectivity index (χ1n) is 8.56. The van der Waals surface area contributed by atoms with Crippen molar-refractivity contribution in [2.24, 2.45) is 5.73 Å². The summed E-state index contributed by atoms with van der Waals surface area (Å²) >= 11 is 10.9. The summed E-state index contributed by atoms with van der Waals surface area (Å²) in [7, 11) is -4.01. The molecule has 0 radical (unpaired) electrons. The van der Waals surface area contributed by atoms with Crippen LogP contribution in [0.5, 0.6) is 0 Å². The minimum atomic E-state index is -4.01. The second-order valence-electron chi connectivity index (χ2n) is 6.09. The Morgan fingerprint density at radius 2 is 1.80 bits per heavy atom. The van der Waals surface area contributed by atoms with E-state index < -0.39 is 28.0 Å². The van der Waals surface area contributed by atoms with Gasteiger partial charge in [-0.25, -0.2) is 13.2 Å². The third-order valence-electron chi connectivity index (χ3n) is 3.83. The number of sulfonamides is 1. The van der Waals surface area contributed by atoms with Crippen LogP contribution in [0.25, 0.3) is 0 Å². The van der Waals surface area contributed by atoms with Crippen molar-refractivity contribution in [1.82, 2.24) is 5.32 Å². The van der Waals surface area contributed by atoms with Crippen LogP contribution in [0.2, 0.25) is 5.02 Å². The standard InChI is InChI=1S/C18H20BrClN4O4S2/c1-29-9-8-15(23-18(21)26)17(25)22-13-6-7-14(20)16(10-13)30(27,28)24-12-4-2-11(19)3-5-12/h2-7,10,15,24H,8-9H2,1H3,(H,22,25)(H3,21,23,26). The SMILES string of the molecule is CSCCC(NC(N)=O)C(=O)Nc1ccc(Cl)c(S(=O)(=O)Nc2ccc(Br)cc2)c1. The van der Waals surface area contributed by atoms with E-state index in [0.29, 0.717) is 17.9 Å². The number of anilines is 2. The molecule has 2 aromatic carbocycles. The van der Waals surface area contributed by atoms with Gasteiger partial charge in [-0.05, 0) is 60.9 Å². The van der Waals surface area contributed by atoms with Crippen molar-refractivity contribution in [2.75, 3.05) is 22.0 Å². The van der Waals surface area contributed by atoms with Crippen molar-refractivity contribution >= 4 is 72.6 Å². The topological polar surface area (TPSA) is 130 Å². The van der Waals surface area contributed by atoms with Crippen LogP contribution in [0.15, 0.2) is 51.8 Å². The number of primary amides is 1. The number of thioether (sulfide) groups is 1. The Kier molecular flexibility index (Phi) is 8.83. The molecule has 0 aliphatic heterocycles. The van der Waals surface area contributed by atoms with Crippen molar-refractivity contribution in [3.8, 4) is 0 Å². The van der Waals surface area contributed by atoms with Gasteiger partial charge in [0.15, 0.2) is 0 Å². The fourth-order valence-corrected chi connectivity index (χ4v) is 4.74. The predicted octanol–water partition coefficient (Wildman–Crippen LogP) is 3.63. The summed E-state index contributed by atoms with van der Waals surface area (Å²) in [5.74, 6) is 0.102. The smallest absolute Gasteiger partial charge is 0.312 e. The first-order chi connectivity index (χ1) is 14.1. The molecule has 1 atom stereocenters. The van der Waals surface area contributed by atoms with Crippen molar-refractivity contribution in [2.45, 2.75) is 17.4 Å². The molecule has 0 saturated carbocycles. The highest BCUT2D eigenvalue weighted by Gasteiger charge is 2.22. The molecule has 1 unspecified atom stereocenters. The first kappa shape index (κ1) is 24.3. The number of nitrogens with two attached hydrogens (primary N) is 1. The molecule has 0 spiro atoms. The molecule has 5 N–H and O–H groups in total. The number of amides is 3. The van der Waals surface area contributed by atoms with E-state index in [-0.39, 0.29) is 15.6 Å². The van der Waals surface area contributed by atoms with Crippen molar-refractivity contribution < 1.29 is 18.0 Å². The van der Waals surface area contributed by atoms with E-state index in [1.54, 1.807) is 24.3 Å². The van der Waals surface area contributed by atoms with Crippen LogP contribution in [-0.4, -0.2) is 38.4 Å². The molecule has 8 nitrogen and oxygen atoms in total. The van der Waals surface area contributed by atoms with E-state index in [2.05, 4.69) is 31.3 Å². The number of carbonyl (C=O) groups is 2. The Labute approximate surface area is 192 Å². The number of benzene rings is 2. The van der Waals surface area contributed by atoms with Crippen LogP contribution in [0.1, 0.15) is 6.42 Å². The summed E-state index contributed by atoms with van der Waals surface area (Å²) in [5.41, 5.74) is 5.70. The molecule has 0 bridgehead atoms. The van der Waals surface area contributed by atoms with E-state index in [1.807, 2.05) is 6.26 Å². The maximum Gasteiger partial charge on any atom is 0.312 e. The van der Waals surface area contributed by atoms with E-state index >= 15 is 0 Å². The second kappa shape index (κ2) is 10.9. The van der Waals surface area contributed by atoms with Crippen molar-refractivity contribution in [3.05, 3.63) is 52.0 Å². The van der Waals surface area contributed by atoms with Gasteiger partial charge in [0.2, 0.25) is 5.91 Å². The quantitative estimate of drug-likeness (QED) is 0.389. The average molecular weight is 536 g/mol. The number of rotatable bonds is 9. The fraction of sp³-hybridized carbons (Fsp3) is 0.222. The number of hydrogen-bond donors (Lipinski definition) is 4. The minimum absolute atomic E-state index is 0.00759. The predicted molar refractivity (Wildman–Crippen MR) is 125 cm³/mol. The molecule has 2 rings (SSSR count). The van der Waals surface area contributed by atoms with Gasteiger partial charge >= 0.3 is 6.03 Å². The molecular weight excluding hydrogens is 516 g/mol. The third kappa shape index (κ3) is 7.08. The number of halogens is 2. The molecule has 0 aromatic heterocycles. The summed E-state index contributed by atoms with van der Waals surface area (Å²) in [6, 6.07) is 8.96. The van der Waals surface area contributed by atoms with Crippen LogP contribution in [0.4, 0.5) is 16.2 Å². The number of nitrogens with one attached hydrogen (secondary N) is 3. The molecule has 12 heteroatoms. The summed E-state index contributed by atoms with van der Waals surface area (Å²) < 4.78 is 28.8. The van der Waals surface area contributed by atoms with E-state index in [4.69, 9.17) is 17.3 Å². The molecular formula is C18H20BrClN4O4S2. The lowest BCUT2D eigenvalue weighted by Crippen LogP contribution is -2.46. The van der Waals surface area contributed by atoms with Gasteiger partial charge in [0.05, 0.1) is 5.02 Å². The zero-order chi connectivity index (χ0) is 22.3. The van der Waals surface area contributed by atoms with E-state index in [1.165, 1.54) is 30.0 Å². The van der Waals surface area contributed by atoms with E-state index in [0.717, 1.165) is 4.47 Å². The van der Waals surface area contributed by atoms with Crippen LogP contribution < -0.4 is 21.1 Å². The van der Waals surface area contributed by atoms with Crippen molar-refractivity contribution in [3.63, 3.8) is 0 Å². The summed E-state index contributed by atoms with van der Waals surface area (Å²) in [4.78, 5) is 23.5. The van der Waals surface area contributed by atoms with E-state index in [9.17, 15) is 18.0 Å². The molecule has 162 valence electrons. The highest BCUT2D eigenvalue weighted by Crippen LogP contribution is 2.27. The van der Waals surface area contributed by atoms with Gasteiger partial charge in [0.25, 0.3) is 10.0 Å². The molecule has 0 saturated heterocycles. The van der Waals surface area contributed by atoms with Crippen molar-refractivity contribution in [1.29, 1.82) is 0 Å². The number of urea groups is 1. The Hall–Kier alpha value is -1.95. The normalized spacial score (nSPS) is 12.1. The summed E-state index contributed by atoms with van der Waals surface area (Å²) in [5, 5.41) is 4.97. The molecule has 0 aliphatic carbocycles. The molecule has 0 aliphatic rings. The van der Waals surface area contributed by atoms with Gasteiger partial charge in [0.1, 0.15) is 10.9 Å². The zero-order valence-electron chi connectivity index (χ0n) is 15.8. The fourth-order valence-electron chi connectivity index (χ4n) is 2.42. The van der Waals surface area contributed by atoms with Gasteiger partial charge in [-0.3, -0.25) is 9.52 Å². The van der Waals surface area contributed by atoms with Gasteiger partial charge in [-0.1, -0.05) is 27.5 Å². The van der Waals surface area contributed by atoms with Crippen LogP contribution in [0.3, 0.4) is 0 Å². The Morgan fingerprint density at radius 3 is 2.40 bits per heavy atom. The maximum absolute atomic E-state index is 12.8. The lowest BCUT2D eigenvalue weighted by molar-refractivity contribution is -0.117. The summed E-state index contributed by atoms with van der Waals surface area (Å²) in [6.45, 7) is 0. The van der Waals surface area contributed by atoms with Crippen LogP contribution >= 0.6 is 39.3 Å². The monoisotopic (exact) mass is 534 g/mol.